The molecule has 11 heteroatoms. The van der Waals surface area contributed by atoms with Crippen LogP contribution in [0.25, 0.3) is 0 Å². The number of rotatable bonds is 7. The lowest BCUT2D eigenvalue weighted by atomic mass is 10.2. The van der Waals surface area contributed by atoms with Gasteiger partial charge in [-0.25, -0.2) is 19.7 Å². The van der Waals surface area contributed by atoms with Crippen LogP contribution in [0.3, 0.4) is 0 Å². The van der Waals surface area contributed by atoms with E-state index in [2.05, 4.69) is 25.6 Å². The molecule has 150 valence electrons. The monoisotopic (exact) mass is 414 g/mol. The van der Waals surface area contributed by atoms with Crippen LogP contribution in [0.4, 0.5) is 28.1 Å². The van der Waals surface area contributed by atoms with Crippen LogP contribution < -0.4 is 10.6 Å². The van der Waals surface area contributed by atoms with E-state index in [0.717, 1.165) is 10.6 Å². The van der Waals surface area contributed by atoms with E-state index in [9.17, 15) is 14.9 Å². The zero-order valence-electron chi connectivity index (χ0n) is 15.9. The number of hydrogen-bond acceptors (Lipinski definition) is 10. The van der Waals surface area contributed by atoms with Crippen molar-refractivity contribution in [2.24, 2.45) is 0 Å². The van der Waals surface area contributed by atoms with Gasteiger partial charge in [0.25, 0.3) is 0 Å². The fourth-order valence-corrected chi connectivity index (χ4v) is 3.25. The summed E-state index contributed by atoms with van der Waals surface area (Å²) in [5.74, 6) is -0.480. The molecule has 3 rings (SSSR count). The number of nitrogens with zero attached hydrogens (tertiary/aromatic N) is 4. The largest absolute Gasteiger partial charge is 0.462 e. The fraction of sp³-hybridized carbons (Fsp3) is 0.222. The SMILES string of the molecule is CCOC(=O)c1cccc(Nc2ncnc(Nc3nc(C)c(C)s3)c2[N+](=O)[O-])c1. The zero-order chi connectivity index (χ0) is 21.0. The number of carbonyl (C=O) groups excluding carboxylic acids is 1. The Morgan fingerprint density at radius 1 is 1.24 bits per heavy atom. The van der Waals surface area contributed by atoms with E-state index in [-0.39, 0.29) is 23.9 Å². The summed E-state index contributed by atoms with van der Waals surface area (Å²) < 4.78 is 4.98. The number of carbonyl (C=O) groups is 1. The maximum atomic E-state index is 11.9. The predicted octanol–water partition coefficient (Wildman–Crippen LogP) is 4.12. The van der Waals surface area contributed by atoms with Gasteiger partial charge in [0.2, 0.25) is 11.6 Å². The van der Waals surface area contributed by atoms with Crippen LogP contribution in [0.5, 0.6) is 0 Å². The van der Waals surface area contributed by atoms with E-state index in [1.807, 2.05) is 13.8 Å². The average Bonchev–Trinajstić information content (AvgIpc) is 2.99. The first-order chi connectivity index (χ1) is 13.9. The van der Waals surface area contributed by atoms with Crippen molar-refractivity contribution in [3.8, 4) is 0 Å². The maximum absolute atomic E-state index is 11.9. The van der Waals surface area contributed by atoms with Gasteiger partial charge >= 0.3 is 11.7 Å². The third-order valence-corrected chi connectivity index (χ3v) is 4.88. The first-order valence-corrected chi connectivity index (χ1v) is 9.45. The van der Waals surface area contributed by atoms with Crippen molar-refractivity contribution in [1.82, 2.24) is 15.0 Å². The number of hydrogen-bond donors (Lipinski definition) is 2. The second-order valence-electron chi connectivity index (χ2n) is 5.89. The first kappa shape index (κ1) is 20.1. The van der Waals surface area contributed by atoms with E-state index in [4.69, 9.17) is 4.74 Å². The predicted molar refractivity (Wildman–Crippen MR) is 109 cm³/mol. The van der Waals surface area contributed by atoms with Crippen LogP contribution in [0.1, 0.15) is 27.9 Å². The number of thiazole rings is 1. The molecule has 0 unspecified atom stereocenters. The lowest BCUT2D eigenvalue weighted by molar-refractivity contribution is -0.383. The minimum absolute atomic E-state index is 0.0153. The molecule has 0 bridgehead atoms. The average molecular weight is 414 g/mol. The Bertz CT molecular complexity index is 1050. The van der Waals surface area contributed by atoms with Gasteiger partial charge in [-0.3, -0.25) is 10.1 Å². The molecule has 0 saturated heterocycles. The summed E-state index contributed by atoms with van der Waals surface area (Å²) in [7, 11) is 0. The summed E-state index contributed by atoms with van der Waals surface area (Å²) in [6.07, 6.45) is 1.21. The van der Waals surface area contributed by atoms with Crippen LogP contribution in [-0.4, -0.2) is 32.5 Å². The summed E-state index contributed by atoms with van der Waals surface area (Å²) in [6, 6.07) is 6.43. The number of nitro groups is 1. The maximum Gasteiger partial charge on any atom is 0.353 e. The van der Waals surface area contributed by atoms with Gasteiger partial charge in [-0.15, -0.1) is 11.3 Å². The zero-order valence-corrected chi connectivity index (χ0v) is 16.7. The summed E-state index contributed by atoms with van der Waals surface area (Å²) in [4.78, 5) is 36.4. The van der Waals surface area contributed by atoms with Crippen molar-refractivity contribution in [3.63, 3.8) is 0 Å². The molecule has 2 N–H and O–H groups in total. The van der Waals surface area contributed by atoms with Crippen molar-refractivity contribution in [2.75, 3.05) is 17.2 Å². The van der Waals surface area contributed by atoms with Crippen molar-refractivity contribution in [2.45, 2.75) is 20.8 Å². The molecular weight excluding hydrogens is 396 g/mol. The van der Waals surface area contributed by atoms with Crippen LogP contribution in [0, 0.1) is 24.0 Å². The number of ether oxygens (including phenoxy) is 1. The molecule has 0 fully saturated rings. The van der Waals surface area contributed by atoms with Crippen LogP contribution in [0.15, 0.2) is 30.6 Å². The van der Waals surface area contributed by atoms with E-state index in [1.54, 1.807) is 25.1 Å². The minimum Gasteiger partial charge on any atom is -0.462 e. The highest BCUT2D eigenvalue weighted by Crippen LogP contribution is 2.34. The molecule has 0 atom stereocenters. The van der Waals surface area contributed by atoms with Crippen molar-refractivity contribution < 1.29 is 14.5 Å². The third-order valence-electron chi connectivity index (χ3n) is 3.90. The lowest BCUT2D eigenvalue weighted by Gasteiger charge is -2.10. The smallest absolute Gasteiger partial charge is 0.353 e. The van der Waals surface area contributed by atoms with Gasteiger partial charge in [-0.2, -0.15) is 0 Å². The summed E-state index contributed by atoms with van der Waals surface area (Å²) >= 11 is 1.37. The number of aromatic nitrogens is 3. The van der Waals surface area contributed by atoms with Gasteiger partial charge in [0.05, 0.1) is 22.8 Å². The highest BCUT2D eigenvalue weighted by Gasteiger charge is 2.24. The van der Waals surface area contributed by atoms with Crippen molar-refractivity contribution in [3.05, 3.63) is 56.8 Å². The molecule has 0 radical (unpaired) electrons. The number of esters is 1. The van der Waals surface area contributed by atoms with Gasteiger partial charge in [-0.05, 0) is 39.0 Å². The molecule has 0 aliphatic carbocycles. The van der Waals surface area contributed by atoms with E-state index >= 15 is 0 Å². The first-order valence-electron chi connectivity index (χ1n) is 8.63. The van der Waals surface area contributed by atoms with E-state index in [0.29, 0.717) is 16.4 Å². The second-order valence-corrected chi connectivity index (χ2v) is 7.09. The molecule has 0 aliphatic rings. The number of anilines is 4. The van der Waals surface area contributed by atoms with Gasteiger partial charge in [-0.1, -0.05) is 6.07 Å². The molecule has 0 spiro atoms. The molecule has 29 heavy (non-hydrogen) atoms. The molecule has 1 aromatic carbocycles. The van der Waals surface area contributed by atoms with Crippen molar-refractivity contribution >= 4 is 45.4 Å². The standard InChI is InChI=1S/C18H18N6O4S/c1-4-28-17(25)12-6-5-7-13(8-12)22-15-14(24(26)27)16(20-9-19-15)23-18-21-10(2)11(3)29-18/h5-9H,4H2,1-3H3,(H2,19,20,21,22,23). The van der Waals surface area contributed by atoms with E-state index < -0.39 is 10.9 Å². The number of aryl methyl sites for hydroxylation is 2. The molecule has 0 saturated carbocycles. The third kappa shape index (κ3) is 4.63. The quantitative estimate of drug-likeness (QED) is 0.333. The minimum atomic E-state index is -0.576. The Hall–Kier alpha value is -3.60. The lowest BCUT2D eigenvalue weighted by Crippen LogP contribution is -2.07. The van der Waals surface area contributed by atoms with E-state index in [1.165, 1.54) is 23.7 Å². The van der Waals surface area contributed by atoms with Crippen LogP contribution in [0.2, 0.25) is 0 Å². The normalized spacial score (nSPS) is 10.4. The Balaban J connectivity index is 1.93. The molecule has 2 heterocycles. The number of nitrogens with one attached hydrogen (secondary N) is 2. The number of benzene rings is 1. The Labute approximate surface area is 170 Å². The van der Waals surface area contributed by atoms with Gasteiger partial charge in [0.15, 0.2) is 5.13 Å². The highest BCUT2D eigenvalue weighted by atomic mass is 32.1. The Kier molecular flexibility index (Phi) is 5.98. The topological polar surface area (TPSA) is 132 Å². The molecule has 0 aliphatic heterocycles. The molecule has 10 nitrogen and oxygen atoms in total. The van der Waals surface area contributed by atoms with Gasteiger partial charge in [0.1, 0.15) is 6.33 Å². The second kappa shape index (κ2) is 8.61. The van der Waals surface area contributed by atoms with Crippen LogP contribution >= 0.6 is 11.3 Å². The van der Waals surface area contributed by atoms with Crippen molar-refractivity contribution in [1.29, 1.82) is 0 Å². The molecule has 3 aromatic rings. The van der Waals surface area contributed by atoms with Gasteiger partial charge in [0, 0.05) is 10.6 Å². The summed E-state index contributed by atoms with van der Waals surface area (Å²) in [5.41, 5.74) is 1.27. The highest BCUT2D eigenvalue weighted by molar-refractivity contribution is 7.15. The van der Waals surface area contributed by atoms with Crippen LogP contribution in [-0.2, 0) is 4.74 Å². The summed E-state index contributed by atoms with van der Waals surface area (Å²) in [5, 5.41) is 18.0. The van der Waals surface area contributed by atoms with Gasteiger partial charge < -0.3 is 15.4 Å². The Morgan fingerprint density at radius 2 is 1.97 bits per heavy atom. The fourth-order valence-electron chi connectivity index (χ4n) is 2.44. The molecule has 2 aromatic heterocycles. The Morgan fingerprint density at radius 3 is 2.59 bits per heavy atom. The summed E-state index contributed by atoms with van der Waals surface area (Å²) in [6.45, 7) is 5.73. The molecular formula is C18H18N6O4S. The molecule has 0 amide bonds.